The van der Waals surface area contributed by atoms with Gasteiger partial charge in [0.2, 0.25) is 0 Å². The maximum Gasteiger partial charge on any atom is 0.102 e. The fraction of sp³-hybridized carbons (Fsp3) is 1.00. The second kappa shape index (κ2) is 17.6. The lowest BCUT2D eigenvalue weighted by atomic mass is 10.1. The summed E-state index contributed by atoms with van der Waals surface area (Å²) in [6, 6.07) is 0. The number of hydrogen-bond donors (Lipinski definition) is 0. The number of hydrogen-bond acceptors (Lipinski definition) is 4. The van der Waals surface area contributed by atoms with Crippen molar-refractivity contribution >= 4 is 0 Å². The minimum absolute atomic E-state index is 0.617. The van der Waals surface area contributed by atoms with Crippen molar-refractivity contribution in [3.63, 3.8) is 0 Å². The monoisotopic (exact) mass is 348 g/mol. The van der Waals surface area contributed by atoms with E-state index >= 15 is 0 Å². The molecule has 0 radical (unpaired) electrons. The van der Waals surface area contributed by atoms with Crippen LogP contribution in [0.2, 0.25) is 0 Å². The van der Waals surface area contributed by atoms with E-state index in [0.717, 1.165) is 17.6 Å². The zero-order valence-corrected chi connectivity index (χ0v) is 16.7. The van der Waals surface area contributed by atoms with E-state index in [2.05, 4.69) is 21.0 Å². The molecule has 0 fully saturated rings. The van der Waals surface area contributed by atoms with Crippen LogP contribution < -0.4 is 0 Å². The van der Waals surface area contributed by atoms with E-state index in [1.807, 2.05) is 0 Å². The lowest BCUT2D eigenvalue weighted by Crippen LogP contribution is -2.43. The fourth-order valence-corrected chi connectivity index (χ4v) is 2.43. The van der Waals surface area contributed by atoms with Gasteiger partial charge >= 0.3 is 0 Å². The second-order valence-electron chi connectivity index (χ2n) is 6.98. The molecule has 0 spiro atoms. The second-order valence-corrected chi connectivity index (χ2v) is 6.98. The van der Waals surface area contributed by atoms with Gasteiger partial charge < -0.3 is 23.4 Å². The molecule has 0 aliphatic rings. The highest BCUT2D eigenvalue weighted by Crippen LogP contribution is 2.08. The summed E-state index contributed by atoms with van der Waals surface area (Å²) in [6.07, 6.45) is 8.17. The van der Waals surface area contributed by atoms with Crippen molar-refractivity contribution in [3.8, 4) is 0 Å². The van der Waals surface area contributed by atoms with Gasteiger partial charge in [-0.25, -0.2) is 0 Å². The van der Waals surface area contributed by atoms with Crippen LogP contribution in [0, 0.1) is 0 Å². The molecule has 146 valence electrons. The first-order valence-corrected chi connectivity index (χ1v) is 9.66. The molecule has 5 nitrogen and oxygen atoms in total. The average Bonchev–Trinajstić information content (AvgIpc) is 2.56. The topological polar surface area (TPSA) is 36.9 Å². The minimum atomic E-state index is 0.617. The van der Waals surface area contributed by atoms with Crippen molar-refractivity contribution in [2.24, 2.45) is 0 Å². The molecular formula is C19H42NO4+. The molecular weight excluding hydrogens is 306 g/mol. The van der Waals surface area contributed by atoms with E-state index in [-0.39, 0.29) is 0 Å². The van der Waals surface area contributed by atoms with Gasteiger partial charge in [0.15, 0.2) is 0 Å². The zero-order valence-electron chi connectivity index (χ0n) is 16.7. The molecule has 24 heavy (non-hydrogen) atoms. The van der Waals surface area contributed by atoms with Gasteiger partial charge in [-0.2, -0.15) is 0 Å². The number of nitrogens with zero attached hydrogens (tertiary/aromatic N) is 1. The van der Waals surface area contributed by atoms with Gasteiger partial charge in [0.05, 0.1) is 66.9 Å². The number of likely N-dealkylation sites (N-methyl/N-ethyl adjacent to an activating group) is 1. The van der Waals surface area contributed by atoms with Gasteiger partial charge in [-0.3, -0.25) is 0 Å². The van der Waals surface area contributed by atoms with Crippen molar-refractivity contribution in [2.75, 3.05) is 80.5 Å². The summed E-state index contributed by atoms with van der Waals surface area (Å²) >= 11 is 0. The Morgan fingerprint density at radius 1 is 0.583 bits per heavy atom. The maximum atomic E-state index is 5.67. The molecule has 0 amide bonds. The van der Waals surface area contributed by atoms with Gasteiger partial charge in [-0.05, 0) is 12.8 Å². The third-order valence-electron chi connectivity index (χ3n) is 4.13. The van der Waals surface area contributed by atoms with Crippen LogP contribution in [0.25, 0.3) is 0 Å². The van der Waals surface area contributed by atoms with Crippen molar-refractivity contribution in [3.05, 3.63) is 0 Å². The first-order chi connectivity index (χ1) is 11.6. The highest BCUT2D eigenvalue weighted by Gasteiger charge is 2.13. The van der Waals surface area contributed by atoms with Crippen LogP contribution in [0.1, 0.15) is 45.4 Å². The number of ether oxygens (including phenoxy) is 4. The van der Waals surface area contributed by atoms with Crippen LogP contribution in [0.5, 0.6) is 0 Å². The molecule has 0 atom stereocenters. The van der Waals surface area contributed by atoms with Crippen LogP contribution >= 0.6 is 0 Å². The van der Waals surface area contributed by atoms with E-state index < -0.39 is 0 Å². The smallest absolute Gasteiger partial charge is 0.102 e. The maximum absolute atomic E-state index is 5.67. The Kier molecular flexibility index (Phi) is 17.5. The third kappa shape index (κ3) is 18.1. The zero-order chi connectivity index (χ0) is 17.9. The van der Waals surface area contributed by atoms with Gasteiger partial charge in [0.1, 0.15) is 6.54 Å². The van der Waals surface area contributed by atoms with E-state index in [1.165, 1.54) is 45.1 Å². The van der Waals surface area contributed by atoms with Crippen molar-refractivity contribution in [2.45, 2.75) is 45.4 Å². The largest absolute Gasteiger partial charge is 0.382 e. The SMILES string of the molecule is CCCCCCCC[N+](C)(C)CCOCCOCCOCCOC. The number of unbranched alkanes of at least 4 members (excludes halogenated alkanes) is 5. The normalized spacial score (nSPS) is 12.0. The van der Waals surface area contributed by atoms with E-state index in [0.29, 0.717) is 39.6 Å². The minimum Gasteiger partial charge on any atom is -0.382 e. The predicted octanol–water partition coefficient (Wildman–Crippen LogP) is 3.12. The highest BCUT2D eigenvalue weighted by molar-refractivity contribution is 4.44. The summed E-state index contributed by atoms with van der Waals surface area (Å²) in [4.78, 5) is 0. The Morgan fingerprint density at radius 3 is 1.67 bits per heavy atom. The quantitative estimate of drug-likeness (QED) is 0.265. The molecule has 5 heteroatoms. The molecule has 0 aromatic rings. The molecule has 0 saturated carbocycles. The summed E-state index contributed by atoms with van der Waals surface area (Å²) in [5.41, 5.74) is 0. The Morgan fingerprint density at radius 2 is 1.08 bits per heavy atom. The first-order valence-electron chi connectivity index (χ1n) is 9.66. The van der Waals surface area contributed by atoms with Crippen LogP contribution in [-0.4, -0.2) is 85.0 Å². The summed E-state index contributed by atoms with van der Waals surface area (Å²) < 4.78 is 22.4. The first kappa shape index (κ1) is 23.8. The van der Waals surface area contributed by atoms with E-state index in [9.17, 15) is 0 Å². The number of rotatable bonds is 19. The Labute approximate surface area is 150 Å². The molecule has 0 aromatic carbocycles. The van der Waals surface area contributed by atoms with Gasteiger partial charge in [0, 0.05) is 7.11 Å². The van der Waals surface area contributed by atoms with Crippen molar-refractivity contribution in [1.29, 1.82) is 0 Å². The molecule has 0 bridgehead atoms. The lowest BCUT2D eigenvalue weighted by molar-refractivity contribution is -0.891. The Balaban J connectivity index is 3.30. The number of methoxy groups -OCH3 is 1. The fourth-order valence-electron chi connectivity index (χ4n) is 2.43. The highest BCUT2D eigenvalue weighted by atomic mass is 16.6. The summed E-state index contributed by atoms with van der Waals surface area (Å²) in [6.45, 7) is 9.17. The predicted molar refractivity (Wildman–Crippen MR) is 99.6 cm³/mol. The number of quaternary nitrogens is 1. The molecule has 0 aliphatic carbocycles. The van der Waals surface area contributed by atoms with Crippen LogP contribution in [0.15, 0.2) is 0 Å². The van der Waals surface area contributed by atoms with Crippen LogP contribution in [0.3, 0.4) is 0 Å². The molecule has 0 heterocycles. The van der Waals surface area contributed by atoms with E-state index in [1.54, 1.807) is 7.11 Å². The van der Waals surface area contributed by atoms with Gasteiger partial charge in [-0.15, -0.1) is 0 Å². The molecule has 0 rings (SSSR count). The van der Waals surface area contributed by atoms with Gasteiger partial charge in [0.25, 0.3) is 0 Å². The lowest BCUT2D eigenvalue weighted by Gasteiger charge is -2.29. The third-order valence-corrected chi connectivity index (χ3v) is 4.13. The molecule has 0 N–H and O–H groups in total. The van der Waals surface area contributed by atoms with Crippen molar-refractivity contribution in [1.82, 2.24) is 0 Å². The summed E-state index contributed by atoms with van der Waals surface area (Å²) in [7, 11) is 6.26. The standard InChI is InChI=1S/C19H42NO4/c1-5-6-7-8-9-10-11-20(2,3)12-13-22-16-17-24-19-18-23-15-14-21-4/h5-19H2,1-4H3/q+1. The van der Waals surface area contributed by atoms with Crippen LogP contribution in [-0.2, 0) is 18.9 Å². The van der Waals surface area contributed by atoms with Crippen molar-refractivity contribution < 1.29 is 23.4 Å². The van der Waals surface area contributed by atoms with Crippen LogP contribution in [0.4, 0.5) is 0 Å². The summed E-state index contributed by atoms with van der Waals surface area (Å²) in [5.74, 6) is 0. The molecule has 0 aromatic heterocycles. The molecule has 0 saturated heterocycles. The average molecular weight is 349 g/mol. The molecule has 0 unspecified atom stereocenters. The van der Waals surface area contributed by atoms with Gasteiger partial charge in [-0.1, -0.05) is 32.6 Å². The Hall–Kier alpha value is -0.200. The molecule has 0 aliphatic heterocycles. The summed E-state index contributed by atoms with van der Waals surface area (Å²) in [5, 5.41) is 0. The van der Waals surface area contributed by atoms with E-state index in [4.69, 9.17) is 18.9 Å². The Bertz CT molecular complexity index is 250.